The van der Waals surface area contributed by atoms with Gasteiger partial charge in [-0.3, -0.25) is 4.90 Å². The highest BCUT2D eigenvalue weighted by molar-refractivity contribution is 5.49. The summed E-state index contributed by atoms with van der Waals surface area (Å²) in [6.07, 6.45) is 4.67. The predicted molar refractivity (Wildman–Crippen MR) is 87.5 cm³/mol. The van der Waals surface area contributed by atoms with E-state index in [1.165, 1.54) is 30.5 Å². The molecule has 0 bridgehead atoms. The van der Waals surface area contributed by atoms with Crippen molar-refractivity contribution in [1.29, 1.82) is 0 Å². The maximum Gasteiger partial charge on any atom is 0.161 e. The van der Waals surface area contributed by atoms with Crippen LogP contribution >= 0.6 is 0 Å². The summed E-state index contributed by atoms with van der Waals surface area (Å²) in [7, 11) is 3.42. The number of benzene rings is 1. The number of fused-ring (bicyclic) bond motifs is 1. The van der Waals surface area contributed by atoms with Crippen LogP contribution in [-0.4, -0.2) is 37.7 Å². The second-order valence-electron chi connectivity index (χ2n) is 6.03. The number of ether oxygens (including phenoxy) is 2. The Morgan fingerprint density at radius 3 is 2.00 bits per heavy atom. The molecule has 1 aliphatic rings. The van der Waals surface area contributed by atoms with Crippen molar-refractivity contribution in [3.63, 3.8) is 0 Å². The van der Waals surface area contributed by atoms with Crippen LogP contribution in [0, 0.1) is 0 Å². The topological polar surface area (TPSA) is 21.7 Å². The molecule has 0 aromatic heterocycles. The molecule has 1 aliphatic carbocycles. The Labute approximate surface area is 129 Å². The zero-order chi connectivity index (χ0) is 15.4. The van der Waals surface area contributed by atoms with Crippen LogP contribution in [-0.2, 0) is 12.8 Å². The van der Waals surface area contributed by atoms with Crippen LogP contribution in [0.2, 0.25) is 0 Å². The van der Waals surface area contributed by atoms with Crippen molar-refractivity contribution in [2.75, 3.05) is 20.8 Å². The van der Waals surface area contributed by atoms with E-state index >= 15 is 0 Å². The minimum Gasteiger partial charge on any atom is -0.493 e. The van der Waals surface area contributed by atoms with E-state index in [0.717, 1.165) is 24.3 Å². The summed E-state index contributed by atoms with van der Waals surface area (Å²) in [6, 6.07) is 5.59. The first-order valence-electron chi connectivity index (χ1n) is 8.14. The van der Waals surface area contributed by atoms with Gasteiger partial charge in [0.05, 0.1) is 14.2 Å². The van der Waals surface area contributed by atoms with Crippen LogP contribution in [0.1, 0.15) is 44.7 Å². The normalized spacial score (nSPS) is 16.1. The van der Waals surface area contributed by atoms with E-state index in [4.69, 9.17) is 9.47 Å². The lowest BCUT2D eigenvalue weighted by Crippen LogP contribution is -2.42. The van der Waals surface area contributed by atoms with Crippen LogP contribution < -0.4 is 9.47 Å². The van der Waals surface area contributed by atoms with Gasteiger partial charge in [-0.05, 0) is 62.4 Å². The zero-order valence-corrected chi connectivity index (χ0v) is 14.1. The first-order chi connectivity index (χ1) is 10.1. The Kier molecular flexibility index (Phi) is 5.51. The minimum absolute atomic E-state index is 0.617. The standard InChI is InChI=1S/C18H29NO2/c1-6-8-19(13(3)7-2)16-9-14-11-17(20-4)18(21-5)12-15(14)10-16/h11-13,16H,6-10H2,1-5H3/t13-/m1/s1. The summed E-state index contributed by atoms with van der Waals surface area (Å²) in [6.45, 7) is 8.08. The molecule has 1 atom stereocenters. The fraction of sp³-hybridized carbons (Fsp3) is 0.667. The van der Waals surface area contributed by atoms with Gasteiger partial charge in [0.25, 0.3) is 0 Å². The van der Waals surface area contributed by atoms with Crippen LogP contribution in [0.25, 0.3) is 0 Å². The SMILES string of the molecule is CCCN(C1Cc2cc(OC)c(OC)cc2C1)[C@H](C)CC. The quantitative estimate of drug-likeness (QED) is 0.765. The molecule has 2 rings (SSSR count). The molecular formula is C18H29NO2. The molecule has 1 aromatic rings. The molecule has 0 saturated carbocycles. The molecule has 0 aliphatic heterocycles. The molecule has 0 unspecified atom stereocenters. The molecule has 3 heteroatoms. The number of hydrogen-bond donors (Lipinski definition) is 0. The number of rotatable bonds is 7. The summed E-state index contributed by atoms with van der Waals surface area (Å²) in [4.78, 5) is 2.68. The third kappa shape index (κ3) is 3.34. The molecular weight excluding hydrogens is 262 g/mol. The van der Waals surface area contributed by atoms with E-state index < -0.39 is 0 Å². The van der Waals surface area contributed by atoms with Crippen molar-refractivity contribution in [2.45, 2.75) is 58.5 Å². The van der Waals surface area contributed by atoms with Gasteiger partial charge in [-0.25, -0.2) is 0 Å². The van der Waals surface area contributed by atoms with Gasteiger partial charge in [-0.15, -0.1) is 0 Å². The fourth-order valence-corrected chi connectivity index (χ4v) is 3.41. The summed E-state index contributed by atoms with van der Waals surface area (Å²) in [5.74, 6) is 1.70. The van der Waals surface area contributed by atoms with E-state index in [1.807, 2.05) is 0 Å². The van der Waals surface area contributed by atoms with Crippen LogP contribution in [0.3, 0.4) is 0 Å². The molecule has 0 radical (unpaired) electrons. The second kappa shape index (κ2) is 7.17. The van der Waals surface area contributed by atoms with Gasteiger partial charge >= 0.3 is 0 Å². The van der Waals surface area contributed by atoms with Gasteiger partial charge in [-0.1, -0.05) is 13.8 Å². The van der Waals surface area contributed by atoms with E-state index in [2.05, 4.69) is 37.8 Å². The molecule has 0 saturated heterocycles. The van der Waals surface area contributed by atoms with Gasteiger partial charge in [-0.2, -0.15) is 0 Å². The Balaban J connectivity index is 2.21. The van der Waals surface area contributed by atoms with Crippen molar-refractivity contribution in [1.82, 2.24) is 4.90 Å². The van der Waals surface area contributed by atoms with Crippen molar-refractivity contribution >= 4 is 0 Å². The first-order valence-corrected chi connectivity index (χ1v) is 8.14. The lowest BCUT2D eigenvalue weighted by Gasteiger charge is -2.33. The van der Waals surface area contributed by atoms with Crippen molar-refractivity contribution in [2.24, 2.45) is 0 Å². The van der Waals surface area contributed by atoms with Gasteiger partial charge < -0.3 is 9.47 Å². The number of nitrogens with zero attached hydrogens (tertiary/aromatic N) is 1. The lowest BCUT2D eigenvalue weighted by atomic mass is 10.1. The summed E-state index contributed by atoms with van der Waals surface area (Å²) in [5, 5.41) is 0. The highest BCUT2D eigenvalue weighted by Crippen LogP contribution is 2.36. The molecule has 21 heavy (non-hydrogen) atoms. The summed E-state index contributed by atoms with van der Waals surface area (Å²) in [5.41, 5.74) is 2.84. The minimum atomic E-state index is 0.617. The summed E-state index contributed by atoms with van der Waals surface area (Å²) >= 11 is 0. The monoisotopic (exact) mass is 291 g/mol. The molecule has 1 aromatic carbocycles. The molecule has 3 nitrogen and oxygen atoms in total. The Morgan fingerprint density at radius 1 is 1.10 bits per heavy atom. The highest BCUT2D eigenvalue weighted by atomic mass is 16.5. The van der Waals surface area contributed by atoms with Crippen LogP contribution in [0.5, 0.6) is 11.5 Å². The number of methoxy groups -OCH3 is 2. The third-order valence-corrected chi connectivity index (χ3v) is 4.72. The smallest absolute Gasteiger partial charge is 0.161 e. The molecule has 0 heterocycles. The van der Waals surface area contributed by atoms with Crippen molar-refractivity contribution < 1.29 is 9.47 Å². The van der Waals surface area contributed by atoms with Gasteiger partial charge in [0.15, 0.2) is 11.5 Å². The van der Waals surface area contributed by atoms with Gasteiger partial charge in [0, 0.05) is 12.1 Å². The van der Waals surface area contributed by atoms with Gasteiger partial charge in [0.2, 0.25) is 0 Å². The van der Waals surface area contributed by atoms with Crippen LogP contribution in [0.4, 0.5) is 0 Å². The fourth-order valence-electron chi connectivity index (χ4n) is 3.41. The van der Waals surface area contributed by atoms with Crippen molar-refractivity contribution in [3.05, 3.63) is 23.3 Å². The Morgan fingerprint density at radius 2 is 1.62 bits per heavy atom. The van der Waals surface area contributed by atoms with Crippen molar-refractivity contribution in [3.8, 4) is 11.5 Å². The third-order valence-electron chi connectivity index (χ3n) is 4.72. The first kappa shape index (κ1) is 16.2. The largest absolute Gasteiger partial charge is 0.493 e. The van der Waals surface area contributed by atoms with E-state index in [-0.39, 0.29) is 0 Å². The molecule has 0 fully saturated rings. The Hall–Kier alpha value is -1.22. The second-order valence-corrected chi connectivity index (χ2v) is 6.03. The molecule has 0 N–H and O–H groups in total. The molecule has 0 amide bonds. The average Bonchev–Trinajstić information content (AvgIpc) is 2.92. The average molecular weight is 291 g/mol. The van der Waals surface area contributed by atoms with Crippen LogP contribution in [0.15, 0.2) is 12.1 Å². The van der Waals surface area contributed by atoms with E-state index in [1.54, 1.807) is 14.2 Å². The Bertz CT molecular complexity index is 440. The van der Waals surface area contributed by atoms with E-state index in [0.29, 0.717) is 12.1 Å². The number of hydrogen-bond acceptors (Lipinski definition) is 3. The van der Waals surface area contributed by atoms with Gasteiger partial charge in [0.1, 0.15) is 0 Å². The maximum absolute atomic E-state index is 5.43. The predicted octanol–water partition coefficient (Wildman–Crippen LogP) is 3.68. The van der Waals surface area contributed by atoms with E-state index in [9.17, 15) is 0 Å². The summed E-state index contributed by atoms with van der Waals surface area (Å²) < 4.78 is 10.9. The molecule has 118 valence electrons. The lowest BCUT2D eigenvalue weighted by molar-refractivity contribution is 0.144. The highest BCUT2D eigenvalue weighted by Gasteiger charge is 2.29. The molecule has 0 spiro atoms. The zero-order valence-electron chi connectivity index (χ0n) is 14.1. The maximum atomic E-state index is 5.43.